The average molecular weight is 355 g/mol. The first kappa shape index (κ1) is 22.0. The number of carboxylic acid groups (broad SMARTS) is 2. The molecule has 23 heavy (non-hydrogen) atoms. The number of carbonyl (C=O) groups is 2. The summed E-state index contributed by atoms with van der Waals surface area (Å²) in [6, 6.07) is -0.917. The Labute approximate surface area is 134 Å². The first-order valence-corrected chi connectivity index (χ1v) is 9.11. The second-order valence-corrected chi connectivity index (χ2v) is 6.79. The number of nitrogens with zero attached hydrogens (tertiary/aromatic N) is 1. The Bertz CT molecular complexity index is 415. The standard InChI is InChI=1S/C12H26N3O7P/c13-5-1-7-15(8-2-6-14-9-23(20,21)22)10(12(18)19)3-4-11(16)17/h10,14H,1-9,13H2,(H,16,17)(H,18,19)(H2,20,21,22)/t10-/m0/s1. The van der Waals surface area contributed by atoms with Crippen molar-refractivity contribution in [2.75, 3.05) is 32.5 Å². The van der Waals surface area contributed by atoms with E-state index in [2.05, 4.69) is 5.32 Å². The molecule has 0 aliphatic heterocycles. The molecule has 0 unspecified atom stereocenters. The smallest absolute Gasteiger partial charge is 0.339 e. The molecule has 10 nitrogen and oxygen atoms in total. The zero-order valence-electron chi connectivity index (χ0n) is 12.9. The normalized spacial score (nSPS) is 13.2. The van der Waals surface area contributed by atoms with Gasteiger partial charge in [0, 0.05) is 19.5 Å². The fourth-order valence-electron chi connectivity index (χ4n) is 2.07. The van der Waals surface area contributed by atoms with Crippen LogP contribution in [0.4, 0.5) is 0 Å². The third kappa shape index (κ3) is 12.1. The highest BCUT2D eigenvalue weighted by atomic mass is 31.2. The molecule has 0 amide bonds. The van der Waals surface area contributed by atoms with Gasteiger partial charge in [-0.25, -0.2) is 0 Å². The van der Waals surface area contributed by atoms with E-state index in [-0.39, 0.29) is 12.8 Å². The molecule has 0 aliphatic carbocycles. The third-order valence-corrected chi connectivity index (χ3v) is 3.76. The van der Waals surface area contributed by atoms with Gasteiger partial charge in [0.2, 0.25) is 0 Å². The number of hydrogen-bond acceptors (Lipinski definition) is 6. The van der Waals surface area contributed by atoms with Crippen molar-refractivity contribution in [2.45, 2.75) is 31.7 Å². The van der Waals surface area contributed by atoms with E-state index in [4.69, 9.17) is 20.6 Å². The van der Waals surface area contributed by atoms with Gasteiger partial charge in [0.15, 0.2) is 0 Å². The summed E-state index contributed by atoms with van der Waals surface area (Å²) in [6.45, 7) is 1.49. The largest absolute Gasteiger partial charge is 0.481 e. The molecule has 0 spiro atoms. The fraction of sp³-hybridized carbons (Fsp3) is 0.833. The minimum atomic E-state index is -4.10. The maximum Gasteiger partial charge on any atom is 0.339 e. The second-order valence-electron chi connectivity index (χ2n) is 5.14. The molecule has 0 rings (SSSR count). The second kappa shape index (κ2) is 11.5. The van der Waals surface area contributed by atoms with Crippen molar-refractivity contribution < 1.29 is 34.2 Å². The topological polar surface area (TPSA) is 173 Å². The van der Waals surface area contributed by atoms with Crippen molar-refractivity contribution in [1.29, 1.82) is 0 Å². The molecule has 0 aromatic heterocycles. The quantitative estimate of drug-likeness (QED) is 0.169. The number of nitrogens with two attached hydrogens (primary N) is 1. The molecule has 0 heterocycles. The van der Waals surface area contributed by atoms with Crippen LogP contribution in [0.5, 0.6) is 0 Å². The summed E-state index contributed by atoms with van der Waals surface area (Å²) in [5, 5.41) is 20.6. The lowest BCUT2D eigenvalue weighted by Crippen LogP contribution is -2.43. The highest BCUT2D eigenvalue weighted by Crippen LogP contribution is 2.31. The Hall–Kier alpha value is -1.03. The van der Waals surface area contributed by atoms with E-state index in [0.29, 0.717) is 39.0 Å². The SMILES string of the molecule is NCCCN(CCCNCP(=O)(O)O)[C@@H](CCC(=O)O)C(=O)O. The molecular formula is C12H26N3O7P. The van der Waals surface area contributed by atoms with Crippen LogP contribution in [-0.2, 0) is 14.2 Å². The fourth-order valence-corrected chi connectivity index (χ4v) is 2.52. The zero-order chi connectivity index (χ0) is 17.9. The first-order chi connectivity index (χ1) is 10.7. The van der Waals surface area contributed by atoms with E-state index in [0.717, 1.165) is 0 Å². The molecule has 0 radical (unpaired) electrons. The van der Waals surface area contributed by atoms with Crippen LogP contribution in [0.2, 0.25) is 0 Å². The molecule has 0 aliphatic rings. The summed E-state index contributed by atoms with van der Waals surface area (Å²) in [6.07, 6.45) is 0.364. The Morgan fingerprint density at radius 2 is 1.78 bits per heavy atom. The lowest BCUT2D eigenvalue weighted by Gasteiger charge is -2.28. The van der Waals surface area contributed by atoms with Crippen LogP contribution in [0.25, 0.3) is 0 Å². The molecule has 136 valence electrons. The zero-order valence-corrected chi connectivity index (χ0v) is 13.8. The van der Waals surface area contributed by atoms with Crippen LogP contribution in [0.3, 0.4) is 0 Å². The summed E-state index contributed by atoms with van der Waals surface area (Å²) in [5.74, 6) is -2.15. The summed E-state index contributed by atoms with van der Waals surface area (Å²) in [4.78, 5) is 41.1. The Kier molecular flexibility index (Phi) is 11.0. The lowest BCUT2D eigenvalue weighted by molar-refractivity contribution is -0.144. The predicted octanol–water partition coefficient (Wildman–Crippen LogP) is -0.930. The van der Waals surface area contributed by atoms with Gasteiger partial charge in [-0.2, -0.15) is 0 Å². The van der Waals surface area contributed by atoms with Gasteiger partial charge in [-0.05, 0) is 32.4 Å². The minimum absolute atomic E-state index is 0.00878. The summed E-state index contributed by atoms with van der Waals surface area (Å²) >= 11 is 0. The number of nitrogens with one attached hydrogen (secondary N) is 1. The van der Waals surface area contributed by atoms with Crippen molar-refractivity contribution in [3.63, 3.8) is 0 Å². The molecule has 0 bridgehead atoms. The number of hydrogen-bond donors (Lipinski definition) is 6. The molecule has 0 aromatic carbocycles. The highest BCUT2D eigenvalue weighted by molar-refractivity contribution is 7.51. The Balaban J connectivity index is 4.47. The van der Waals surface area contributed by atoms with Crippen molar-refractivity contribution >= 4 is 19.5 Å². The van der Waals surface area contributed by atoms with E-state index >= 15 is 0 Å². The molecule has 0 saturated carbocycles. The molecule has 0 fully saturated rings. The number of rotatable bonds is 14. The number of carboxylic acids is 2. The molecule has 7 N–H and O–H groups in total. The summed E-state index contributed by atoms with van der Waals surface area (Å²) < 4.78 is 10.7. The van der Waals surface area contributed by atoms with Gasteiger partial charge in [0.1, 0.15) is 6.04 Å². The molecule has 0 aromatic rings. The van der Waals surface area contributed by atoms with Crippen molar-refractivity contribution in [2.24, 2.45) is 5.73 Å². The molecule has 0 saturated heterocycles. The van der Waals surface area contributed by atoms with Crippen LogP contribution < -0.4 is 11.1 Å². The van der Waals surface area contributed by atoms with Gasteiger partial charge in [-0.1, -0.05) is 0 Å². The monoisotopic (exact) mass is 355 g/mol. The van der Waals surface area contributed by atoms with Crippen molar-refractivity contribution in [1.82, 2.24) is 10.2 Å². The predicted molar refractivity (Wildman–Crippen MR) is 83.1 cm³/mol. The van der Waals surface area contributed by atoms with Gasteiger partial charge in [0.25, 0.3) is 0 Å². The van der Waals surface area contributed by atoms with Gasteiger partial charge >= 0.3 is 19.5 Å². The van der Waals surface area contributed by atoms with Gasteiger partial charge in [0.05, 0.1) is 6.29 Å². The van der Waals surface area contributed by atoms with Crippen LogP contribution in [0.1, 0.15) is 25.7 Å². The summed E-state index contributed by atoms with van der Waals surface area (Å²) in [7, 11) is -4.10. The average Bonchev–Trinajstić information content (AvgIpc) is 2.41. The van der Waals surface area contributed by atoms with Gasteiger partial charge in [-0.3, -0.25) is 19.1 Å². The van der Waals surface area contributed by atoms with Gasteiger partial charge < -0.3 is 31.1 Å². The van der Waals surface area contributed by atoms with E-state index in [1.54, 1.807) is 4.90 Å². The number of aliphatic carboxylic acids is 2. The minimum Gasteiger partial charge on any atom is -0.481 e. The van der Waals surface area contributed by atoms with Crippen LogP contribution in [-0.4, -0.2) is 75.3 Å². The maximum absolute atomic E-state index is 11.4. The highest BCUT2D eigenvalue weighted by Gasteiger charge is 2.25. The summed E-state index contributed by atoms with van der Waals surface area (Å²) in [5.41, 5.74) is 5.43. The van der Waals surface area contributed by atoms with E-state index in [9.17, 15) is 19.3 Å². The van der Waals surface area contributed by atoms with E-state index in [1.165, 1.54) is 0 Å². The third-order valence-electron chi connectivity index (χ3n) is 3.12. The molecule has 1 atom stereocenters. The molecular weight excluding hydrogens is 329 g/mol. The van der Waals surface area contributed by atoms with E-state index < -0.39 is 31.9 Å². The van der Waals surface area contributed by atoms with Crippen LogP contribution >= 0.6 is 7.60 Å². The van der Waals surface area contributed by atoms with Crippen molar-refractivity contribution in [3.05, 3.63) is 0 Å². The Morgan fingerprint density at radius 3 is 2.26 bits per heavy atom. The lowest BCUT2D eigenvalue weighted by atomic mass is 10.1. The van der Waals surface area contributed by atoms with Crippen molar-refractivity contribution in [3.8, 4) is 0 Å². The van der Waals surface area contributed by atoms with E-state index in [1.807, 2.05) is 0 Å². The van der Waals surface area contributed by atoms with Crippen LogP contribution in [0, 0.1) is 0 Å². The van der Waals surface area contributed by atoms with Gasteiger partial charge in [-0.15, -0.1) is 0 Å². The Morgan fingerprint density at radius 1 is 1.17 bits per heavy atom. The van der Waals surface area contributed by atoms with Crippen LogP contribution in [0.15, 0.2) is 0 Å². The maximum atomic E-state index is 11.4. The first-order valence-electron chi connectivity index (χ1n) is 7.31. The molecule has 11 heteroatoms.